The zero-order chi connectivity index (χ0) is 15.3. The Morgan fingerprint density at radius 2 is 1.45 bits per heavy atom. The molecule has 0 aliphatic heterocycles. The normalized spacial score (nSPS) is 35.4. The molecule has 0 aromatic heterocycles. The molecule has 0 radical (unpaired) electrons. The van der Waals surface area contributed by atoms with Gasteiger partial charge < -0.3 is 10.5 Å². The van der Waals surface area contributed by atoms with Crippen molar-refractivity contribution in [2.75, 3.05) is 0 Å². The Labute approximate surface area is 130 Å². The molecule has 1 amide bonds. The summed E-state index contributed by atoms with van der Waals surface area (Å²) in [6, 6.07) is 7.71. The van der Waals surface area contributed by atoms with Crippen molar-refractivity contribution in [3.05, 3.63) is 29.8 Å². The molecule has 4 heteroatoms. The number of esters is 1. The predicted octanol–water partition coefficient (Wildman–Crippen LogP) is 2.55. The van der Waals surface area contributed by atoms with Crippen molar-refractivity contribution >= 4 is 11.9 Å². The number of hydrogen-bond acceptors (Lipinski definition) is 3. The first-order chi connectivity index (χ1) is 10.5. The first kappa shape index (κ1) is 13.8. The molecule has 4 aliphatic carbocycles. The molecule has 0 saturated heterocycles. The summed E-state index contributed by atoms with van der Waals surface area (Å²) in [5, 5.41) is 0. The van der Waals surface area contributed by atoms with E-state index in [9.17, 15) is 9.59 Å². The standard InChI is InChI=1S/C18H21NO3/c19-16(20)17(21)22-15-3-1-14(2-4-15)18-8-11-5-12(9-18)7-13(6-11)10-18/h1-4,11-13H,5-10H2,(H2,19,20). The Morgan fingerprint density at radius 3 is 1.91 bits per heavy atom. The number of primary amides is 1. The molecule has 0 atom stereocenters. The van der Waals surface area contributed by atoms with Crippen LogP contribution in [0.25, 0.3) is 0 Å². The van der Waals surface area contributed by atoms with Crippen molar-refractivity contribution in [2.45, 2.75) is 43.9 Å². The summed E-state index contributed by atoms with van der Waals surface area (Å²) < 4.78 is 4.94. The summed E-state index contributed by atoms with van der Waals surface area (Å²) in [4.78, 5) is 22.0. The molecule has 1 aromatic rings. The molecule has 0 spiro atoms. The predicted molar refractivity (Wildman–Crippen MR) is 81.1 cm³/mol. The average Bonchev–Trinajstić information content (AvgIpc) is 2.46. The molecule has 4 fully saturated rings. The Balaban J connectivity index is 1.56. The third-order valence-corrected chi connectivity index (χ3v) is 5.92. The lowest BCUT2D eigenvalue weighted by Gasteiger charge is -2.57. The third kappa shape index (κ3) is 2.21. The quantitative estimate of drug-likeness (QED) is 0.518. The van der Waals surface area contributed by atoms with Gasteiger partial charge in [-0.3, -0.25) is 4.79 Å². The van der Waals surface area contributed by atoms with E-state index < -0.39 is 11.9 Å². The molecule has 4 aliphatic rings. The maximum atomic E-state index is 11.2. The molecule has 4 bridgehead atoms. The van der Waals surface area contributed by atoms with Gasteiger partial charge in [0, 0.05) is 0 Å². The molecule has 1 aromatic carbocycles. The van der Waals surface area contributed by atoms with Gasteiger partial charge in [-0.05, 0) is 79.4 Å². The average molecular weight is 299 g/mol. The maximum Gasteiger partial charge on any atom is 0.401 e. The lowest BCUT2D eigenvalue weighted by atomic mass is 9.48. The van der Waals surface area contributed by atoms with Crippen molar-refractivity contribution in [1.82, 2.24) is 0 Å². The molecule has 2 N–H and O–H groups in total. The van der Waals surface area contributed by atoms with Gasteiger partial charge in [-0.2, -0.15) is 0 Å². The van der Waals surface area contributed by atoms with Gasteiger partial charge in [0.15, 0.2) is 0 Å². The summed E-state index contributed by atoms with van der Waals surface area (Å²) in [7, 11) is 0. The molecule has 0 unspecified atom stereocenters. The zero-order valence-corrected chi connectivity index (χ0v) is 12.6. The van der Waals surface area contributed by atoms with Gasteiger partial charge in [0.1, 0.15) is 5.75 Å². The van der Waals surface area contributed by atoms with Crippen LogP contribution in [0.5, 0.6) is 5.75 Å². The topological polar surface area (TPSA) is 69.4 Å². The molecule has 4 saturated carbocycles. The second kappa shape index (κ2) is 4.83. The number of nitrogens with two attached hydrogens (primary N) is 1. The highest BCUT2D eigenvalue weighted by Gasteiger charge is 2.51. The summed E-state index contributed by atoms with van der Waals surface area (Å²) in [5.74, 6) is 1.01. The van der Waals surface area contributed by atoms with Crippen LogP contribution in [-0.4, -0.2) is 11.9 Å². The van der Waals surface area contributed by atoms with Gasteiger partial charge in [0.25, 0.3) is 0 Å². The van der Waals surface area contributed by atoms with Crippen LogP contribution in [0.15, 0.2) is 24.3 Å². The smallest absolute Gasteiger partial charge is 0.401 e. The molecule has 0 heterocycles. The van der Waals surface area contributed by atoms with Crippen LogP contribution < -0.4 is 10.5 Å². The van der Waals surface area contributed by atoms with Gasteiger partial charge in [-0.15, -0.1) is 0 Å². The van der Waals surface area contributed by atoms with E-state index in [1.165, 1.54) is 44.1 Å². The van der Waals surface area contributed by atoms with E-state index in [0.29, 0.717) is 11.2 Å². The van der Waals surface area contributed by atoms with Crippen LogP contribution in [0.2, 0.25) is 0 Å². The molecule has 116 valence electrons. The lowest BCUT2D eigenvalue weighted by molar-refractivity contribution is -0.146. The van der Waals surface area contributed by atoms with E-state index >= 15 is 0 Å². The number of benzene rings is 1. The molecular formula is C18H21NO3. The van der Waals surface area contributed by atoms with Crippen molar-refractivity contribution in [2.24, 2.45) is 23.5 Å². The molecule has 4 nitrogen and oxygen atoms in total. The summed E-state index contributed by atoms with van der Waals surface area (Å²) in [6.07, 6.45) is 8.19. The number of carbonyl (C=O) groups excluding carboxylic acids is 2. The van der Waals surface area contributed by atoms with Gasteiger partial charge >= 0.3 is 11.9 Å². The Kier molecular flexibility index (Phi) is 3.03. The number of hydrogen-bond donors (Lipinski definition) is 1. The van der Waals surface area contributed by atoms with Crippen LogP contribution in [0, 0.1) is 17.8 Å². The van der Waals surface area contributed by atoms with Crippen LogP contribution in [0.3, 0.4) is 0 Å². The summed E-state index contributed by atoms with van der Waals surface area (Å²) >= 11 is 0. The Bertz CT molecular complexity index is 584. The van der Waals surface area contributed by atoms with E-state index in [0.717, 1.165) is 17.8 Å². The highest BCUT2D eigenvalue weighted by Crippen LogP contribution is 2.60. The minimum absolute atomic E-state index is 0.334. The van der Waals surface area contributed by atoms with Crippen LogP contribution >= 0.6 is 0 Å². The fourth-order valence-corrected chi connectivity index (χ4v) is 5.50. The number of rotatable bonds is 2. The van der Waals surface area contributed by atoms with Crippen molar-refractivity contribution in [3.8, 4) is 5.75 Å². The zero-order valence-electron chi connectivity index (χ0n) is 12.6. The fourth-order valence-electron chi connectivity index (χ4n) is 5.50. The largest absolute Gasteiger partial charge is 0.419 e. The number of ether oxygens (including phenoxy) is 1. The van der Waals surface area contributed by atoms with E-state index in [4.69, 9.17) is 10.5 Å². The van der Waals surface area contributed by atoms with E-state index in [1.54, 1.807) is 12.1 Å². The highest BCUT2D eigenvalue weighted by atomic mass is 16.5. The number of amides is 1. The second-order valence-electron chi connectivity index (χ2n) is 7.48. The highest BCUT2D eigenvalue weighted by molar-refractivity contribution is 6.32. The van der Waals surface area contributed by atoms with E-state index in [1.807, 2.05) is 0 Å². The van der Waals surface area contributed by atoms with Gasteiger partial charge in [-0.25, -0.2) is 4.79 Å². The van der Waals surface area contributed by atoms with E-state index in [2.05, 4.69) is 12.1 Å². The van der Waals surface area contributed by atoms with E-state index in [-0.39, 0.29) is 0 Å². The van der Waals surface area contributed by atoms with Crippen molar-refractivity contribution < 1.29 is 14.3 Å². The third-order valence-electron chi connectivity index (χ3n) is 5.92. The minimum atomic E-state index is -1.06. The fraction of sp³-hybridized carbons (Fsp3) is 0.556. The molecule has 5 rings (SSSR count). The summed E-state index contributed by atoms with van der Waals surface area (Å²) in [5.41, 5.74) is 6.60. The Morgan fingerprint density at radius 1 is 0.955 bits per heavy atom. The van der Waals surface area contributed by atoms with Gasteiger partial charge in [0.05, 0.1) is 0 Å². The second-order valence-corrected chi connectivity index (χ2v) is 7.48. The SMILES string of the molecule is NC(=O)C(=O)Oc1ccc(C23CC4CC(CC(C4)C2)C3)cc1. The van der Waals surface area contributed by atoms with Crippen LogP contribution in [0.1, 0.15) is 44.1 Å². The molecular weight excluding hydrogens is 278 g/mol. The van der Waals surface area contributed by atoms with Crippen LogP contribution in [0.4, 0.5) is 0 Å². The van der Waals surface area contributed by atoms with Gasteiger partial charge in [0.2, 0.25) is 0 Å². The minimum Gasteiger partial charge on any atom is -0.419 e. The first-order valence-corrected chi connectivity index (χ1v) is 8.16. The maximum absolute atomic E-state index is 11.2. The first-order valence-electron chi connectivity index (χ1n) is 8.16. The van der Waals surface area contributed by atoms with Crippen LogP contribution in [-0.2, 0) is 15.0 Å². The number of carbonyl (C=O) groups is 2. The molecule has 22 heavy (non-hydrogen) atoms. The summed E-state index contributed by atoms with van der Waals surface area (Å²) in [6.45, 7) is 0. The Hall–Kier alpha value is -1.84. The van der Waals surface area contributed by atoms with Gasteiger partial charge in [-0.1, -0.05) is 12.1 Å². The van der Waals surface area contributed by atoms with Crippen molar-refractivity contribution in [1.29, 1.82) is 0 Å². The lowest BCUT2D eigenvalue weighted by Crippen LogP contribution is -2.48. The van der Waals surface area contributed by atoms with Crippen molar-refractivity contribution in [3.63, 3.8) is 0 Å². The monoisotopic (exact) mass is 299 g/mol.